The molecule has 10 heteroatoms. The lowest BCUT2D eigenvalue weighted by Gasteiger charge is -2.10. The number of urea groups is 1. The number of para-hydroxylation sites is 1. The zero-order valence-corrected chi connectivity index (χ0v) is 15.6. The molecule has 0 fully saturated rings. The Kier molecular flexibility index (Phi) is 7.00. The van der Waals surface area contributed by atoms with Crippen LogP contribution in [-0.2, 0) is 11.0 Å². The van der Waals surface area contributed by atoms with Crippen molar-refractivity contribution in [2.45, 2.75) is 31.5 Å². The summed E-state index contributed by atoms with van der Waals surface area (Å²) in [5, 5.41) is 5.13. The average Bonchev–Trinajstić information content (AvgIpc) is 2.58. The minimum atomic E-state index is -4.70. The molecule has 2 rings (SSSR count). The summed E-state index contributed by atoms with van der Waals surface area (Å²) < 4.78 is 38.9. The third kappa shape index (κ3) is 6.38. The SMILES string of the molecule is CC(C)CCNC(=O)NC(=O)CSc1nc(C(F)(F)F)nc2ccccc12. The van der Waals surface area contributed by atoms with Crippen molar-refractivity contribution in [3.63, 3.8) is 0 Å². The summed E-state index contributed by atoms with van der Waals surface area (Å²) in [6.45, 7) is 4.43. The molecule has 0 atom stereocenters. The maximum absolute atomic E-state index is 13.0. The molecule has 0 saturated heterocycles. The van der Waals surface area contributed by atoms with Crippen LogP contribution in [0.15, 0.2) is 29.3 Å². The summed E-state index contributed by atoms with van der Waals surface area (Å²) in [7, 11) is 0. The van der Waals surface area contributed by atoms with Crippen LogP contribution in [0.25, 0.3) is 10.9 Å². The molecule has 0 unspecified atom stereocenters. The van der Waals surface area contributed by atoms with Crippen molar-refractivity contribution >= 4 is 34.6 Å². The minimum absolute atomic E-state index is 0.0308. The van der Waals surface area contributed by atoms with Crippen molar-refractivity contribution < 1.29 is 22.8 Å². The average molecular weight is 400 g/mol. The van der Waals surface area contributed by atoms with Gasteiger partial charge in [-0.1, -0.05) is 43.8 Å². The Morgan fingerprint density at radius 3 is 2.56 bits per heavy atom. The van der Waals surface area contributed by atoms with E-state index >= 15 is 0 Å². The number of hydrogen-bond donors (Lipinski definition) is 2. The topological polar surface area (TPSA) is 84.0 Å². The number of nitrogens with one attached hydrogen (secondary N) is 2. The van der Waals surface area contributed by atoms with Gasteiger partial charge in [0.1, 0.15) is 5.03 Å². The Morgan fingerprint density at radius 2 is 1.89 bits per heavy atom. The van der Waals surface area contributed by atoms with Crippen LogP contribution in [0.1, 0.15) is 26.1 Å². The van der Waals surface area contributed by atoms with Crippen LogP contribution in [-0.4, -0.2) is 34.2 Å². The summed E-state index contributed by atoms with van der Waals surface area (Å²) in [4.78, 5) is 30.6. The Labute approximate surface area is 158 Å². The van der Waals surface area contributed by atoms with Crippen molar-refractivity contribution in [1.29, 1.82) is 0 Å². The highest BCUT2D eigenvalue weighted by Crippen LogP contribution is 2.31. The Morgan fingerprint density at radius 1 is 1.19 bits per heavy atom. The molecule has 146 valence electrons. The second-order valence-electron chi connectivity index (χ2n) is 6.14. The predicted molar refractivity (Wildman–Crippen MR) is 96.3 cm³/mol. The first kappa shape index (κ1) is 20.9. The molecular weight excluding hydrogens is 381 g/mol. The first-order valence-corrected chi connectivity index (χ1v) is 9.20. The number of carbonyl (C=O) groups is 2. The summed E-state index contributed by atoms with van der Waals surface area (Å²) in [6.07, 6.45) is -3.93. The Balaban J connectivity index is 2.03. The molecule has 0 radical (unpaired) electrons. The van der Waals surface area contributed by atoms with Crippen LogP contribution in [0, 0.1) is 5.92 Å². The number of thioether (sulfide) groups is 1. The number of rotatable bonds is 6. The number of fused-ring (bicyclic) bond motifs is 1. The van der Waals surface area contributed by atoms with E-state index in [1.54, 1.807) is 18.2 Å². The molecule has 3 amide bonds. The van der Waals surface area contributed by atoms with Crippen LogP contribution < -0.4 is 10.6 Å². The van der Waals surface area contributed by atoms with E-state index in [1.165, 1.54) is 6.07 Å². The van der Waals surface area contributed by atoms with E-state index in [1.807, 2.05) is 13.8 Å². The van der Waals surface area contributed by atoms with Gasteiger partial charge in [-0.15, -0.1) is 0 Å². The van der Waals surface area contributed by atoms with Crippen molar-refractivity contribution in [3.8, 4) is 0 Å². The van der Waals surface area contributed by atoms with Gasteiger partial charge in [0.15, 0.2) is 0 Å². The van der Waals surface area contributed by atoms with Crippen molar-refractivity contribution in [3.05, 3.63) is 30.1 Å². The molecule has 0 aliphatic heterocycles. The molecule has 0 aliphatic carbocycles. The Hall–Kier alpha value is -2.36. The van der Waals surface area contributed by atoms with Gasteiger partial charge in [0, 0.05) is 11.9 Å². The number of carbonyl (C=O) groups excluding carboxylic acids is 2. The maximum Gasteiger partial charge on any atom is 0.451 e. The highest BCUT2D eigenvalue weighted by Gasteiger charge is 2.35. The standard InChI is InChI=1S/C17H19F3N4O2S/c1-10(2)7-8-21-16(26)23-13(25)9-27-14-11-5-3-4-6-12(11)22-15(24-14)17(18,19)20/h3-6,10H,7-9H2,1-2H3,(H2,21,23,25,26). The molecule has 6 nitrogen and oxygen atoms in total. The van der Waals surface area contributed by atoms with Gasteiger partial charge in [-0.05, 0) is 18.4 Å². The number of amides is 3. The second-order valence-corrected chi connectivity index (χ2v) is 7.11. The number of nitrogens with zero attached hydrogens (tertiary/aromatic N) is 2. The predicted octanol–water partition coefficient (Wildman–Crippen LogP) is 3.61. The lowest BCUT2D eigenvalue weighted by molar-refractivity contribution is -0.145. The summed E-state index contributed by atoms with van der Waals surface area (Å²) >= 11 is 0.816. The number of halogens is 3. The van der Waals surface area contributed by atoms with Crippen molar-refractivity contribution in [1.82, 2.24) is 20.6 Å². The third-order valence-electron chi connectivity index (χ3n) is 3.42. The second kappa shape index (κ2) is 9.03. The number of imide groups is 1. The Bertz CT molecular complexity index is 827. The molecule has 2 N–H and O–H groups in total. The van der Waals surface area contributed by atoms with Gasteiger partial charge in [0.2, 0.25) is 11.7 Å². The molecule has 0 aliphatic rings. The van der Waals surface area contributed by atoms with Crippen molar-refractivity contribution in [2.24, 2.45) is 5.92 Å². The highest BCUT2D eigenvalue weighted by atomic mass is 32.2. The number of benzene rings is 1. The molecule has 1 heterocycles. The van der Waals surface area contributed by atoms with E-state index in [9.17, 15) is 22.8 Å². The van der Waals surface area contributed by atoms with Gasteiger partial charge in [-0.25, -0.2) is 14.8 Å². The smallest absolute Gasteiger partial charge is 0.338 e. The van der Waals surface area contributed by atoms with Gasteiger partial charge >= 0.3 is 12.2 Å². The zero-order chi connectivity index (χ0) is 20.0. The molecule has 2 aromatic rings. The summed E-state index contributed by atoms with van der Waals surface area (Å²) in [5.74, 6) is -1.74. The first-order chi connectivity index (χ1) is 12.7. The molecule has 1 aromatic carbocycles. The van der Waals surface area contributed by atoms with E-state index in [0.29, 0.717) is 17.8 Å². The monoisotopic (exact) mass is 400 g/mol. The van der Waals surface area contributed by atoms with Crippen LogP contribution in [0.5, 0.6) is 0 Å². The van der Waals surface area contributed by atoms with E-state index in [4.69, 9.17) is 0 Å². The van der Waals surface area contributed by atoms with Gasteiger partial charge in [0.25, 0.3) is 0 Å². The molecular formula is C17H19F3N4O2S. The van der Waals surface area contributed by atoms with Crippen molar-refractivity contribution in [2.75, 3.05) is 12.3 Å². The molecule has 1 aromatic heterocycles. The van der Waals surface area contributed by atoms with Gasteiger partial charge in [-0.3, -0.25) is 10.1 Å². The number of alkyl halides is 3. The molecule has 0 spiro atoms. The molecule has 0 bridgehead atoms. The quantitative estimate of drug-likeness (QED) is 0.572. The van der Waals surface area contributed by atoms with Crippen LogP contribution in [0.4, 0.5) is 18.0 Å². The summed E-state index contributed by atoms with van der Waals surface area (Å²) in [5.41, 5.74) is 0.133. The third-order valence-corrected chi connectivity index (χ3v) is 4.41. The maximum atomic E-state index is 13.0. The van der Waals surface area contributed by atoms with Crippen LogP contribution in [0.3, 0.4) is 0 Å². The van der Waals surface area contributed by atoms with E-state index in [-0.39, 0.29) is 16.3 Å². The van der Waals surface area contributed by atoms with Crippen LogP contribution >= 0.6 is 11.8 Å². The van der Waals surface area contributed by atoms with Crippen LogP contribution in [0.2, 0.25) is 0 Å². The van der Waals surface area contributed by atoms with E-state index in [2.05, 4.69) is 20.6 Å². The van der Waals surface area contributed by atoms with Gasteiger partial charge in [0.05, 0.1) is 11.3 Å². The number of hydrogen-bond acceptors (Lipinski definition) is 5. The number of aromatic nitrogens is 2. The molecule has 27 heavy (non-hydrogen) atoms. The lowest BCUT2D eigenvalue weighted by atomic mass is 10.1. The fraction of sp³-hybridized carbons (Fsp3) is 0.412. The lowest BCUT2D eigenvalue weighted by Crippen LogP contribution is -2.40. The zero-order valence-electron chi connectivity index (χ0n) is 14.8. The van der Waals surface area contributed by atoms with Gasteiger partial charge < -0.3 is 5.32 Å². The van der Waals surface area contributed by atoms with E-state index in [0.717, 1.165) is 18.2 Å². The molecule has 0 saturated carbocycles. The fourth-order valence-corrected chi connectivity index (χ4v) is 2.92. The normalized spacial score (nSPS) is 11.6. The minimum Gasteiger partial charge on any atom is -0.338 e. The fourth-order valence-electron chi connectivity index (χ4n) is 2.10. The first-order valence-electron chi connectivity index (χ1n) is 8.21. The summed E-state index contributed by atoms with van der Waals surface area (Å²) in [6, 6.07) is 5.60. The largest absolute Gasteiger partial charge is 0.451 e. The van der Waals surface area contributed by atoms with E-state index < -0.39 is 23.9 Å². The highest BCUT2D eigenvalue weighted by molar-refractivity contribution is 8.00. The van der Waals surface area contributed by atoms with Gasteiger partial charge in [-0.2, -0.15) is 13.2 Å².